The predicted molar refractivity (Wildman–Crippen MR) is 374 cm³/mol. The fourth-order valence-electron chi connectivity index (χ4n) is 7.86. The number of benzene rings is 7. The van der Waals surface area contributed by atoms with E-state index in [9.17, 15) is 54.0 Å². The number of amides is 1. The molecule has 8 N–H and O–H groups in total. The number of carbonyl (C=O) groups excluding carboxylic acids is 5. The second-order valence-electron chi connectivity index (χ2n) is 19.4. The number of hydrogen-bond acceptors (Lipinski definition) is 16. The first-order valence-electron chi connectivity index (χ1n) is 28.3. The summed E-state index contributed by atoms with van der Waals surface area (Å²) in [6.07, 6.45) is 9.94. The molecule has 7 aromatic carbocycles. The number of anilines is 2. The van der Waals surface area contributed by atoms with Gasteiger partial charge in [0.15, 0.2) is 11.6 Å². The molecule has 21 nitrogen and oxygen atoms in total. The summed E-state index contributed by atoms with van der Waals surface area (Å²) >= 11 is 3.32. The molecule has 0 fully saturated rings. The molecule has 0 radical (unpaired) electrons. The van der Waals surface area contributed by atoms with Gasteiger partial charge in [-0.3, -0.25) is 14.4 Å². The van der Waals surface area contributed by atoms with Crippen LogP contribution in [0.5, 0.6) is 0 Å². The van der Waals surface area contributed by atoms with Crippen LogP contribution >= 0.6 is 25.0 Å². The van der Waals surface area contributed by atoms with E-state index in [1.165, 1.54) is 38.5 Å². The first-order valence-corrected chi connectivity index (χ1v) is 34.2. The molecule has 7 aromatic rings. The number of nitrogens with two attached hydrogens (primary N) is 2. The van der Waals surface area contributed by atoms with Crippen molar-refractivity contribution in [2.45, 2.75) is 74.5 Å². The Balaban J connectivity index is 0.000000444. The fourth-order valence-corrected chi connectivity index (χ4v) is 11.5. The standard InChI is InChI=1S/C23H19BrN2O4S.C22H25NO5S.C16H20N2O2S.C5H6O4.CH4.BH2OP/c24-18-9-11-19(12-10-18)26-23(28)14-13-20(27)15-16-5-7-17(8-6-16)21-3-1-2-4-22(21)31(25,29)30;1-3-4-15-23-29(26,27)21-8-6-5-7-20(21)18-11-9-17(10-12-18)16-19(24)13-14-22(25)28-2;1-2-3-12-18-21(19,20)16-7-5-4-6-15(16)13-8-10-14(17)11-9-13;1-9-5(8)3-2-4(6)7;;2-1-3/h1-14H,15H2,(H,26,28)(H2,25,29,30);5-14,23H,3-4,15-16H2,1-2H3;4-11,18H,2-3,12,17H2,1H3;2-3H,1H3,(H,6,7);1H4;3H2/b2*14-13-;;3-2-;;. The summed E-state index contributed by atoms with van der Waals surface area (Å²) in [5.74, 6) is -3.28. The minimum absolute atomic E-state index is 0. The van der Waals surface area contributed by atoms with Gasteiger partial charge >= 0.3 is 38.6 Å². The number of carboxylic acid groups (broad SMARTS) is 1. The van der Waals surface area contributed by atoms with Gasteiger partial charge in [-0.05, 0) is 107 Å². The maximum absolute atomic E-state index is 12.7. The van der Waals surface area contributed by atoms with E-state index in [0.29, 0.717) is 64.6 Å². The van der Waals surface area contributed by atoms with Crippen LogP contribution in [-0.4, -0.2) is 99.9 Å². The number of halogens is 1. The number of nitrogen functional groups attached to an aromatic ring is 1. The Morgan fingerprint density at radius 3 is 1.26 bits per heavy atom. The summed E-state index contributed by atoms with van der Waals surface area (Å²) in [5, 5.41) is 15.9. The van der Waals surface area contributed by atoms with Crippen LogP contribution in [0.1, 0.15) is 58.1 Å². The molecule has 0 aliphatic heterocycles. The van der Waals surface area contributed by atoms with E-state index in [2.05, 4.69) is 40.2 Å². The van der Waals surface area contributed by atoms with Crippen LogP contribution in [0.3, 0.4) is 0 Å². The molecule has 0 aromatic heterocycles. The molecule has 0 aliphatic carbocycles. The normalized spacial score (nSPS) is 10.9. The van der Waals surface area contributed by atoms with E-state index in [1.807, 2.05) is 41.2 Å². The number of ketones is 2. The Kier molecular flexibility index (Phi) is 36.8. The summed E-state index contributed by atoms with van der Waals surface area (Å²) < 4.78 is 97.3. The summed E-state index contributed by atoms with van der Waals surface area (Å²) in [4.78, 5) is 67.5. The Bertz CT molecular complexity index is 4080. The average molecular weight is 1430 g/mol. The number of esters is 2. The van der Waals surface area contributed by atoms with Crippen LogP contribution in [0.25, 0.3) is 33.4 Å². The number of primary sulfonamides is 1. The third kappa shape index (κ3) is 29.9. The van der Waals surface area contributed by atoms with Crippen LogP contribution in [-0.2, 0) is 85.9 Å². The van der Waals surface area contributed by atoms with Gasteiger partial charge in [-0.2, -0.15) is 0 Å². The average Bonchev–Trinajstić information content (AvgIpc) is 0.831. The van der Waals surface area contributed by atoms with Crippen molar-refractivity contribution in [2.75, 3.05) is 38.4 Å². The molecule has 1 unspecified atom stereocenters. The maximum atomic E-state index is 12.7. The summed E-state index contributed by atoms with van der Waals surface area (Å²) in [5.41, 5.74) is 12.5. The van der Waals surface area contributed by atoms with Gasteiger partial charge in [0.2, 0.25) is 36.0 Å². The van der Waals surface area contributed by atoms with Gasteiger partial charge in [0, 0.05) is 82.8 Å². The van der Waals surface area contributed by atoms with Crippen molar-refractivity contribution in [3.63, 3.8) is 0 Å². The quantitative estimate of drug-likeness (QED) is 0.00773. The minimum atomic E-state index is -3.85. The van der Waals surface area contributed by atoms with Crippen molar-refractivity contribution >= 4 is 109 Å². The van der Waals surface area contributed by atoms with E-state index in [1.54, 1.807) is 146 Å². The molecule has 27 heteroatoms. The van der Waals surface area contributed by atoms with Crippen LogP contribution in [0.15, 0.2) is 225 Å². The topological polar surface area (TPSA) is 349 Å². The first-order chi connectivity index (χ1) is 44.2. The summed E-state index contributed by atoms with van der Waals surface area (Å²) in [6, 6.07) is 48.6. The molecular formula is C67H76BBrN5O16PS3. The molecule has 1 atom stereocenters. The SMILES string of the molecule is C.CCCCNS(=O)(=O)c1ccccc1-c1ccc(CC(=O)/C=C\C(=O)OC)cc1.CCCCNS(=O)(=O)c1ccccc1-c1ccc(N)cc1.COC(=O)/C=C\C(=O)O.NS(=O)(=O)c1ccccc1-c1ccc(CC(=O)/C=C\C(=O)Nc2ccc(Br)cc2)cc1.O=BP. The third-order valence-electron chi connectivity index (χ3n) is 12.4. The zero-order chi connectivity index (χ0) is 69.0. The molecule has 0 spiro atoms. The zero-order valence-electron chi connectivity index (χ0n) is 51.3. The Hall–Kier alpha value is -8.72. The van der Waals surface area contributed by atoms with Gasteiger partial charge in [-0.1, -0.05) is 165 Å². The Morgan fingerprint density at radius 1 is 0.532 bits per heavy atom. The van der Waals surface area contributed by atoms with E-state index in [4.69, 9.17) is 20.7 Å². The Morgan fingerprint density at radius 2 is 0.883 bits per heavy atom. The number of carbonyl (C=O) groups is 6. The van der Waals surface area contributed by atoms with Gasteiger partial charge < -0.3 is 25.6 Å². The van der Waals surface area contributed by atoms with Gasteiger partial charge in [-0.15, -0.1) is 0 Å². The molecule has 0 heterocycles. The van der Waals surface area contributed by atoms with Gasteiger partial charge in [0.05, 0.1) is 28.9 Å². The van der Waals surface area contributed by atoms with Crippen molar-refractivity contribution in [3.05, 3.63) is 222 Å². The molecule has 7 rings (SSSR count). The molecular weight excluding hydrogens is 1350 g/mol. The molecule has 0 saturated carbocycles. The van der Waals surface area contributed by atoms with Crippen molar-refractivity contribution in [3.8, 4) is 33.4 Å². The second-order valence-corrected chi connectivity index (χ2v) is 25.5. The van der Waals surface area contributed by atoms with Crippen LogP contribution in [0.4, 0.5) is 11.4 Å². The summed E-state index contributed by atoms with van der Waals surface area (Å²) in [7, 11) is -6.66. The second kappa shape index (κ2) is 42.5. The van der Waals surface area contributed by atoms with E-state index >= 15 is 0 Å². The number of ether oxygens (including phenoxy) is 2. The van der Waals surface area contributed by atoms with Crippen molar-refractivity contribution in [1.29, 1.82) is 0 Å². The molecule has 1 amide bonds. The molecule has 0 saturated heterocycles. The van der Waals surface area contributed by atoms with E-state index < -0.39 is 53.9 Å². The van der Waals surface area contributed by atoms with Gasteiger partial charge in [-0.25, -0.2) is 54.2 Å². The van der Waals surface area contributed by atoms with Crippen molar-refractivity contribution in [2.24, 2.45) is 5.14 Å². The monoisotopic (exact) mass is 1420 g/mol. The van der Waals surface area contributed by atoms with E-state index in [0.717, 1.165) is 64.6 Å². The predicted octanol–water partition coefficient (Wildman–Crippen LogP) is 10.6. The number of aliphatic carboxylic acids is 1. The number of methoxy groups -OCH3 is 2. The fraction of sp³-hybridized carbons (Fsp3) is 0.194. The first kappa shape index (κ1) is 81.4. The van der Waals surface area contributed by atoms with Gasteiger partial charge in [0.25, 0.3) is 0 Å². The Labute approximate surface area is 561 Å². The van der Waals surface area contributed by atoms with Crippen molar-refractivity contribution in [1.82, 2.24) is 9.44 Å². The van der Waals surface area contributed by atoms with Crippen LogP contribution in [0.2, 0.25) is 0 Å². The number of carboxylic acids is 1. The summed E-state index contributed by atoms with van der Waals surface area (Å²) in [6.45, 7) is 5.54. The number of unbranched alkanes of at least 4 members (excludes halogenated alkanes) is 2. The van der Waals surface area contributed by atoms with Crippen molar-refractivity contribution < 1.29 is 73.3 Å². The molecule has 94 heavy (non-hydrogen) atoms. The van der Waals surface area contributed by atoms with E-state index in [-0.39, 0.29) is 41.6 Å². The molecule has 0 bridgehead atoms. The number of rotatable bonds is 25. The number of nitrogens with one attached hydrogen (secondary N) is 3. The van der Waals surface area contributed by atoms with Crippen LogP contribution in [0, 0.1) is 0 Å². The number of sulfonamides is 3. The number of allylic oxidation sites excluding steroid dienone is 2. The van der Waals surface area contributed by atoms with Crippen LogP contribution < -0.4 is 25.6 Å². The zero-order valence-corrected chi connectivity index (χ0v) is 56.5. The van der Waals surface area contributed by atoms with Gasteiger partial charge in [0.1, 0.15) is 0 Å². The molecule has 0 aliphatic rings. The number of hydrogen-bond donors (Lipinski definition) is 6. The molecule has 498 valence electrons. The third-order valence-corrected chi connectivity index (χ3v) is 16.9.